The van der Waals surface area contributed by atoms with Gasteiger partial charge in [0, 0.05) is 17.3 Å². The largest absolute Gasteiger partial charge is 0.307 e. The number of thioether (sulfide) groups is 1. The number of halogens is 1. The molecule has 0 spiro atoms. The van der Waals surface area contributed by atoms with Gasteiger partial charge in [0.05, 0.1) is 5.69 Å². The number of hydrogen-bond donors (Lipinski definition) is 1. The molecular weight excluding hydrogens is 344 g/mol. The van der Waals surface area contributed by atoms with Crippen LogP contribution in [0, 0.1) is 6.92 Å². The van der Waals surface area contributed by atoms with Crippen LogP contribution < -0.4 is 5.32 Å². The third-order valence-corrected chi connectivity index (χ3v) is 4.77. The van der Waals surface area contributed by atoms with E-state index in [1.165, 1.54) is 0 Å². The molecule has 24 heavy (non-hydrogen) atoms. The highest BCUT2D eigenvalue weighted by Crippen LogP contribution is 2.27. The summed E-state index contributed by atoms with van der Waals surface area (Å²) in [7, 11) is 0. The summed E-state index contributed by atoms with van der Waals surface area (Å²) in [4.78, 5) is 0. The number of rotatable bonds is 6. The van der Waals surface area contributed by atoms with Crippen LogP contribution in [0.2, 0.25) is 5.02 Å². The minimum Gasteiger partial charge on any atom is -0.307 e. The van der Waals surface area contributed by atoms with E-state index in [1.54, 1.807) is 11.8 Å². The third-order valence-electron chi connectivity index (χ3n) is 3.39. The van der Waals surface area contributed by atoms with Crippen LogP contribution in [0.15, 0.2) is 41.6 Å². The lowest BCUT2D eigenvalue weighted by Gasteiger charge is -2.08. The smallest absolute Gasteiger partial charge is 0.230 e. The van der Waals surface area contributed by atoms with Gasteiger partial charge in [0.25, 0.3) is 0 Å². The van der Waals surface area contributed by atoms with E-state index in [0.717, 1.165) is 33.7 Å². The molecule has 0 aliphatic rings. The van der Waals surface area contributed by atoms with Crippen LogP contribution >= 0.6 is 23.4 Å². The van der Waals surface area contributed by atoms with Crippen LogP contribution in [-0.2, 0) is 12.3 Å². The van der Waals surface area contributed by atoms with Gasteiger partial charge >= 0.3 is 0 Å². The molecule has 0 unspecified atom stereocenters. The molecule has 8 heteroatoms. The summed E-state index contributed by atoms with van der Waals surface area (Å²) in [6.07, 6.45) is 0. The van der Waals surface area contributed by atoms with Crippen LogP contribution in [0.5, 0.6) is 0 Å². The zero-order valence-electron chi connectivity index (χ0n) is 13.4. The van der Waals surface area contributed by atoms with Gasteiger partial charge in [-0.3, -0.25) is 4.57 Å². The summed E-state index contributed by atoms with van der Waals surface area (Å²) in [6.45, 7) is 4.70. The highest BCUT2D eigenvalue weighted by Gasteiger charge is 2.13. The number of hydrogen-bond acceptors (Lipinski definition) is 6. The molecule has 0 saturated carbocycles. The van der Waals surface area contributed by atoms with Crippen molar-refractivity contribution in [3.8, 4) is 0 Å². The lowest BCUT2D eigenvalue weighted by molar-refractivity contribution is 0.687. The Morgan fingerprint density at radius 2 is 1.92 bits per heavy atom. The molecule has 0 amide bonds. The lowest BCUT2D eigenvalue weighted by Crippen LogP contribution is -2.05. The fourth-order valence-electron chi connectivity index (χ4n) is 2.11. The molecule has 0 radical (unpaired) electrons. The molecular formula is C16H17ClN6S. The third kappa shape index (κ3) is 3.85. The maximum atomic E-state index is 6.21. The lowest BCUT2D eigenvalue weighted by atomic mass is 10.2. The monoisotopic (exact) mass is 360 g/mol. The van der Waals surface area contributed by atoms with Crippen molar-refractivity contribution in [1.82, 2.24) is 25.0 Å². The van der Waals surface area contributed by atoms with Crippen molar-refractivity contribution in [1.29, 1.82) is 0 Å². The van der Waals surface area contributed by atoms with Crippen molar-refractivity contribution in [2.24, 2.45) is 0 Å². The Labute approximate surface area is 149 Å². The molecule has 2 aromatic heterocycles. The minimum atomic E-state index is 0.644. The summed E-state index contributed by atoms with van der Waals surface area (Å²) in [6, 6.07) is 11.6. The van der Waals surface area contributed by atoms with Crippen molar-refractivity contribution in [2.75, 3.05) is 5.32 Å². The van der Waals surface area contributed by atoms with Gasteiger partial charge in [-0.25, -0.2) is 0 Å². The highest BCUT2D eigenvalue weighted by atomic mass is 35.5. The zero-order valence-corrected chi connectivity index (χ0v) is 15.0. The Morgan fingerprint density at radius 1 is 1.08 bits per heavy atom. The number of benzene rings is 1. The predicted octanol–water partition coefficient (Wildman–Crippen LogP) is 4.09. The second kappa shape index (κ2) is 7.63. The first-order valence-electron chi connectivity index (χ1n) is 7.54. The molecule has 0 aliphatic heterocycles. The first-order chi connectivity index (χ1) is 11.7. The SMILES string of the molecule is CCn1c(Nc2ccc(C)nn2)nnc1SCc1ccccc1Cl. The quantitative estimate of drug-likeness (QED) is 0.668. The molecule has 2 heterocycles. The van der Waals surface area contributed by atoms with Crippen LogP contribution in [0.3, 0.4) is 0 Å². The minimum absolute atomic E-state index is 0.644. The Morgan fingerprint density at radius 3 is 2.62 bits per heavy atom. The topological polar surface area (TPSA) is 68.5 Å². The van der Waals surface area contributed by atoms with Gasteiger partial charge in [-0.05, 0) is 37.6 Å². The maximum absolute atomic E-state index is 6.21. The summed E-state index contributed by atoms with van der Waals surface area (Å²) < 4.78 is 2.00. The summed E-state index contributed by atoms with van der Waals surface area (Å²) in [5.74, 6) is 2.03. The average molecular weight is 361 g/mol. The normalized spacial score (nSPS) is 10.8. The van der Waals surface area contributed by atoms with E-state index in [9.17, 15) is 0 Å². The molecule has 3 rings (SSSR count). The predicted molar refractivity (Wildman–Crippen MR) is 96.8 cm³/mol. The van der Waals surface area contributed by atoms with Crippen molar-refractivity contribution in [3.05, 3.63) is 52.7 Å². The van der Waals surface area contributed by atoms with Crippen molar-refractivity contribution in [2.45, 2.75) is 31.3 Å². The molecule has 0 saturated heterocycles. The molecule has 3 aromatic rings. The van der Waals surface area contributed by atoms with E-state index in [1.807, 2.05) is 47.9 Å². The molecule has 0 fully saturated rings. The molecule has 1 N–H and O–H groups in total. The molecule has 0 atom stereocenters. The van der Waals surface area contributed by atoms with Crippen molar-refractivity contribution in [3.63, 3.8) is 0 Å². The molecule has 0 aliphatic carbocycles. The van der Waals surface area contributed by atoms with E-state index in [4.69, 9.17) is 11.6 Å². The Balaban J connectivity index is 1.74. The van der Waals surface area contributed by atoms with Gasteiger partial charge in [0.15, 0.2) is 11.0 Å². The zero-order chi connectivity index (χ0) is 16.9. The standard InChI is InChI=1S/C16H17ClN6S/c1-3-23-15(18-14-9-8-11(2)19-20-14)21-22-16(23)24-10-12-6-4-5-7-13(12)17/h4-9H,3,10H2,1-2H3,(H,18,20,21). The summed E-state index contributed by atoms with van der Waals surface area (Å²) in [5.41, 5.74) is 1.95. The average Bonchev–Trinajstić information content (AvgIpc) is 2.98. The van der Waals surface area contributed by atoms with Gasteiger partial charge in [0.1, 0.15) is 0 Å². The van der Waals surface area contributed by atoms with E-state index < -0.39 is 0 Å². The number of nitrogens with one attached hydrogen (secondary N) is 1. The van der Waals surface area contributed by atoms with Crippen molar-refractivity contribution >= 4 is 35.1 Å². The van der Waals surface area contributed by atoms with Gasteiger partial charge < -0.3 is 5.32 Å². The summed E-state index contributed by atoms with van der Waals surface area (Å²) in [5, 5.41) is 21.4. The molecule has 1 aromatic carbocycles. The van der Waals surface area contributed by atoms with E-state index in [0.29, 0.717) is 11.8 Å². The Kier molecular flexibility index (Phi) is 5.32. The first-order valence-corrected chi connectivity index (χ1v) is 8.90. The van der Waals surface area contributed by atoms with Gasteiger partial charge in [0.2, 0.25) is 5.95 Å². The fourth-order valence-corrected chi connectivity index (χ4v) is 3.40. The number of nitrogens with zero attached hydrogens (tertiary/aromatic N) is 5. The van der Waals surface area contributed by atoms with Crippen LogP contribution in [0.25, 0.3) is 0 Å². The Bertz CT molecular complexity index is 818. The number of anilines is 2. The van der Waals surface area contributed by atoms with Crippen LogP contribution in [0.4, 0.5) is 11.8 Å². The number of aryl methyl sites for hydroxylation is 1. The molecule has 0 bridgehead atoms. The van der Waals surface area contributed by atoms with Crippen LogP contribution in [-0.4, -0.2) is 25.0 Å². The Hall–Kier alpha value is -2.12. The molecule has 6 nitrogen and oxygen atoms in total. The van der Waals surface area contributed by atoms with Gasteiger partial charge in [-0.15, -0.1) is 15.3 Å². The fraction of sp³-hybridized carbons (Fsp3) is 0.250. The second-order valence-electron chi connectivity index (χ2n) is 5.12. The van der Waals surface area contributed by atoms with Crippen molar-refractivity contribution < 1.29 is 0 Å². The maximum Gasteiger partial charge on any atom is 0.230 e. The first kappa shape index (κ1) is 16.7. The summed E-state index contributed by atoms with van der Waals surface area (Å²) >= 11 is 7.81. The number of aromatic nitrogens is 5. The van der Waals surface area contributed by atoms with Crippen LogP contribution in [0.1, 0.15) is 18.2 Å². The van der Waals surface area contributed by atoms with E-state index in [-0.39, 0.29) is 0 Å². The van der Waals surface area contributed by atoms with Gasteiger partial charge in [-0.2, -0.15) is 5.10 Å². The molecule has 124 valence electrons. The van der Waals surface area contributed by atoms with E-state index in [2.05, 4.69) is 32.6 Å². The second-order valence-corrected chi connectivity index (χ2v) is 6.47. The van der Waals surface area contributed by atoms with Gasteiger partial charge in [-0.1, -0.05) is 41.6 Å². The highest BCUT2D eigenvalue weighted by molar-refractivity contribution is 7.98. The van der Waals surface area contributed by atoms with E-state index >= 15 is 0 Å².